The predicted molar refractivity (Wildman–Crippen MR) is 79.4 cm³/mol. The van der Waals surface area contributed by atoms with Crippen LogP contribution in [0.2, 0.25) is 0 Å². The maximum Gasteiger partial charge on any atom is 0.335 e. The van der Waals surface area contributed by atoms with Crippen molar-refractivity contribution < 1.29 is 18.3 Å². The molecular weight excluding hydrogens is 290 g/mol. The van der Waals surface area contributed by atoms with Gasteiger partial charge < -0.3 is 5.11 Å². The molecule has 0 atom stereocenters. The standard InChI is InChI=1S/C15H13NO4S/c1-11-2-8-14(9-3-11)21(19,20)16-10-12-4-6-13(7-5-12)15(17)18/h2-10H,1H3,(H,17,18). The van der Waals surface area contributed by atoms with Gasteiger partial charge in [-0.15, -0.1) is 0 Å². The highest BCUT2D eigenvalue weighted by Gasteiger charge is 2.10. The van der Waals surface area contributed by atoms with E-state index in [1.54, 1.807) is 12.1 Å². The molecule has 0 heterocycles. The molecular formula is C15H13NO4S. The summed E-state index contributed by atoms with van der Waals surface area (Å²) in [5, 5.41) is 8.78. The maximum atomic E-state index is 12.0. The molecule has 5 nitrogen and oxygen atoms in total. The molecule has 2 rings (SSSR count). The molecule has 0 bridgehead atoms. The lowest BCUT2D eigenvalue weighted by molar-refractivity contribution is 0.0697. The maximum absolute atomic E-state index is 12.0. The van der Waals surface area contributed by atoms with E-state index in [2.05, 4.69) is 4.40 Å². The van der Waals surface area contributed by atoms with Crippen LogP contribution >= 0.6 is 0 Å². The van der Waals surface area contributed by atoms with Gasteiger partial charge in [0.1, 0.15) is 0 Å². The van der Waals surface area contributed by atoms with Gasteiger partial charge in [-0.3, -0.25) is 0 Å². The Kier molecular flexibility index (Phi) is 4.18. The van der Waals surface area contributed by atoms with Gasteiger partial charge >= 0.3 is 5.97 Å². The van der Waals surface area contributed by atoms with Crippen molar-refractivity contribution in [3.05, 3.63) is 65.2 Å². The normalized spacial score (nSPS) is 11.7. The fourth-order valence-corrected chi connectivity index (χ4v) is 2.48. The van der Waals surface area contributed by atoms with Crippen molar-refractivity contribution >= 4 is 22.2 Å². The number of rotatable bonds is 4. The first-order valence-electron chi connectivity index (χ1n) is 6.09. The average Bonchev–Trinajstić information content (AvgIpc) is 2.46. The first-order chi connectivity index (χ1) is 9.88. The molecule has 2 aromatic carbocycles. The van der Waals surface area contributed by atoms with Crippen molar-refractivity contribution in [2.24, 2.45) is 4.40 Å². The second kappa shape index (κ2) is 5.88. The van der Waals surface area contributed by atoms with Crippen molar-refractivity contribution in [1.29, 1.82) is 0 Å². The molecule has 2 aromatic rings. The number of carboxylic acid groups (broad SMARTS) is 1. The fourth-order valence-electron chi connectivity index (χ4n) is 1.61. The molecule has 1 N–H and O–H groups in total. The minimum absolute atomic E-state index is 0.117. The van der Waals surface area contributed by atoms with E-state index in [9.17, 15) is 13.2 Å². The Morgan fingerprint density at radius 3 is 2.14 bits per heavy atom. The van der Waals surface area contributed by atoms with Crippen LogP contribution in [0.4, 0.5) is 0 Å². The van der Waals surface area contributed by atoms with Gasteiger partial charge in [0, 0.05) is 6.21 Å². The van der Waals surface area contributed by atoms with E-state index in [0.717, 1.165) is 5.56 Å². The Labute approximate surface area is 122 Å². The van der Waals surface area contributed by atoms with E-state index in [1.165, 1.54) is 42.6 Å². The smallest absolute Gasteiger partial charge is 0.335 e. The minimum Gasteiger partial charge on any atom is -0.478 e. The van der Waals surface area contributed by atoms with Crippen LogP contribution in [-0.4, -0.2) is 25.7 Å². The van der Waals surface area contributed by atoms with Crippen LogP contribution in [0.1, 0.15) is 21.5 Å². The van der Waals surface area contributed by atoms with E-state index < -0.39 is 16.0 Å². The van der Waals surface area contributed by atoms with Crippen LogP contribution in [0, 0.1) is 6.92 Å². The number of carboxylic acids is 1. The minimum atomic E-state index is -3.75. The number of nitrogens with zero attached hydrogens (tertiary/aromatic N) is 1. The van der Waals surface area contributed by atoms with Gasteiger partial charge in [0.05, 0.1) is 10.5 Å². The molecule has 0 aliphatic rings. The molecule has 0 radical (unpaired) electrons. The summed E-state index contributed by atoms with van der Waals surface area (Å²) in [5.41, 5.74) is 1.60. The molecule has 0 spiro atoms. The molecule has 0 saturated heterocycles. The van der Waals surface area contributed by atoms with Crippen LogP contribution in [-0.2, 0) is 10.0 Å². The van der Waals surface area contributed by atoms with Gasteiger partial charge in [0.2, 0.25) is 0 Å². The molecule has 0 amide bonds. The van der Waals surface area contributed by atoms with E-state index in [-0.39, 0.29) is 10.5 Å². The summed E-state index contributed by atoms with van der Waals surface area (Å²) in [6, 6.07) is 12.2. The Bertz CT molecular complexity index is 775. The summed E-state index contributed by atoms with van der Waals surface area (Å²) in [6.45, 7) is 1.86. The zero-order valence-corrected chi connectivity index (χ0v) is 12.0. The third-order valence-electron chi connectivity index (χ3n) is 2.82. The Morgan fingerprint density at radius 1 is 1.05 bits per heavy atom. The highest BCUT2D eigenvalue weighted by molar-refractivity contribution is 7.90. The molecule has 6 heteroatoms. The summed E-state index contributed by atoms with van der Waals surface area (Å²) in [5.74, 6) is -1.04. The van der Waals surface area contributed by atoms with Gasteiger partial charge in [-0.25, -0.2) is 4.79 Å². The topological polar surface area (TPSA) is 83.8 Å². The van der Waals surface area contributed by atoms with E-state index in [4.69, 9.17) is 5.11 Å². The average molecular weight is 303 g/mol. The Hall–Kier alpha value is -2.47. The summed E-state index contributed by atoms with van der Waals surface area (Å²) >= 11 is 0. The number of carbonyl (C=O) groups is 1. The number of sulfonamides is 1. The lowest BCUT2D eigenvalue weighted by Crippen LogP contribution is -1.99. The quantitative estimate of drug-likeness (QED) is 0.880. The van der Waals surface area contributed by atoms with Gasteiger partial charge in [-0.2, -0.15) is 12.8 Å². The predicted octanol–water partition coefficient (Wildman–Crippen LogP) is 2.50. The summed E-state index contributed by atoms with van der Waals surface area (Å²) in [4.78, 5) is 10.8. The molecule has 21 heavy (non-hydrogen) atoms. The van der Waals surface area contributed by atoms with Gasteiger partial charge in [0.15, 0.2) is 0 Å². The number of hydrogen-bond donors (Lipinski definition) is 1. The van der Waals surface area contributed by atoms with Crippen LogP contribution in [0.25, 0.3) is 0 Å². The summed E-state index contributed by atoms with van der Waals surface area (Å²) < 4.78 is 27.6. The Balaban J connectivity index is 2.23. The van der Waals surface area contributed by atoms with Gasteiger partial charge in [0.25, 0.3) is 10.0 Å². The van der Waals surface area contributed by atoms with E-state index in [1.807, 2.05) is 6.92 Å². The zero-order valence-electron chi connectivity index (χ0n) is 11.2. The first kappa shape index (κ1) is 14.9. The van der Waals surface area contributed by atoms with Crippen LogP contribution in [0.3, 0.4) is 0 Å². The largest absolute Gasteiger partial charge is 0.478 e. The number of benzene rings is 2. The van der Waals surface area contributed by atoms with Crippen LogP contribution in [0.15, 0.2) is 57.8 Å². The SMILES string of the molecule is Cc1ccc(S(=O)(=O)N=Cc2ccc(C(=O)O)cc2)cc1. The fraction of sp³-hybridized carbons (Fsp3) is 0.0667. The van der Waals surface area contributed by atoms with Crippen molar-refractivity contribution in [3.8, 4) is 0 Å². The van der Waals surface area contributed by atoms with E-state index >= 15 is 0 Å². The third-order valence-corrected chi connectivity index (χ3v) is 4.07. The van der Waals surface area contributed by atoms with Crippen LogP contribution in [0.5, 0.6) is 0 Å². The lowest BCUT2D eigenvalue weighted by Gasteiger charge is -1.99. The summed E-state index contributed by atoms with van der Waals surface area (Å²) in [6.07, 6.45) is 1.20. The van der Waals surface area contributed by atoms with Gasteiger partial charge in [-0.05, 0) is 36.8 Å². The number of aromatic carboxylic acids is 1. The van der Waals surface area contributed by atoms with Gasteiger partial charge in [-0.1, -0.05) is 29.8 Å². The van der Waals surface area contributed by atoms with Crippen molar-refractivity contribution in [1.82, 2.24) is 0 Å². The van der Waals surface area contributed by atoms with Crippen molar-refractivity contribution in [2.45, 2.75) is 11.8 Å². The number of aryl methyl sites for hydroxylation is 1. The molecule has 0 aliphatic carbocycles. The second-order valence-electron chi connectivity index (χ2n) is 4.45. The van der Waals surface area contributed by atoms with Crippen molar-refractivity contribution in [2.75, 3.05) is 0 Å². The molecule has 0 fully saturated rings. The lowest BCUT2D eigenvalue weighted by atomic mass is 10.1. The van der Waals surface area contributed by atoms with E-state index in [0.29, 0.717) is 5.56 Å². The Morgan fingerprint density at radius 2 is 1.62 bits per heavy atom. The van der Waals surface area contributed by atoms with Crippen molar-refractivity contribution in [3.63, 3.8) is 0 Å². The van der Waals surface area contributed by atoms with Crippen LogP contribution < -0.4 is 0 Å². The molecule has 0 unspecified atom stereocenters. The monoisotopic (exact) mass is 303 g/mol. The first-order valence-corrected chi connectivity index (χ1v) is 7.53. The summed E-state index contributed by atoms with van der Waals surface area (Å²) in [7, 11) is -3.75. The zero-order chi connectivity index (χ0) is 15.5. The second-order valence-corrected chi connectivity index (χ2v) is 6.08. The highest BCUT2D eigenvalue weighted by atomic mass is 32.2. The third kappa shape index (κ3) is 3.76. The molecule has 0 aromatic heterocycles. The number of hydrogen-bond acceptors (Lipinski definition) is 3. The molecule has 108 valence electrons. The highest BCUT2D eigenvalue weighted by Crippen LogP contribution is 2.13. The molecule has 0 saturated carbocycles. The molecule has 0 aliphatic heterocycles.